The number of rotatable bonds is 11. The summed E-state index contributed by atoms with van der Waals surface area (Å²) in [5.74, 6) is 1.47. The van der Waals surface area contributed by atoms with Gasteiger partial charge in [0.25, 0.3) is 0 Å². The summed E-state index contributed by atoms with van der Waals surface area (Å²) in [7, 11) is 1.63. The maximum absolute atomic E-state index is 6.15. The van der Waals surface area contributed by atoms with Crippen molar-refractivity contribution in [1.29, 1.82) is 0 Å². The van der Waals surface area contributed by atoms with E-state index in [9.17, 15) is 0 Å². The van der Waals surface area contributed by atoms with Crippen LogP contribution >= 0.6 is 36.4 Å². The molecule has 0 aliphatic carbocycles. The van der Waals surface area contributed by atoms with Gasteiger partial charge in [-0.05, 0) is 45.6 Å². The number of nitrogens with one attached hydrogen (secondary N) is 1. The van der Waals surface area contributed by atoms with Crippen LogP contribution in [0.3, 0.4) is 0 Å². The van der Waals surface area contributed by atoms with E-state index >= 15 is 0 Å². The van der Waals surface area contributed by atoms with Crippen LogP contribution in [0.2, 0.25) is 5.02 Å². The molecule has 0 spiro atoms. The topological polar surface area (TPSA) is 33.7 Å². The van der Waals surface area contributed by atoms with Crippen molar-refractivity contribution in [2.45, 2.75) is 33.7 Å². The molecule has 0 bridgehead atoms. The van der Waals surface area contributed by atoms with Crippen molar-refractivity contribution in [3.8, 4) is 11.5 Å². The fourth-order valence-electron chi connectivity index (χ4n) is 2.40. The zero-order valence-electron chi connectivity index (χ0n) is 15.1. The first-order valence-electron chi connectivity index (χ1n) is 8.08. The summed E-state index contributed by atoms with van der Waals surface area (Å²) < 4.78 is 11.1. The Labute approximate surface area is 164 Å². The van der Waals surface area contributed by atoms with Crippen molar-refractivity contribution in [2.75, 3.05) is 39.9 Å². The molecule has 0 saturated carbocycles. The highest BCUT2D eigenvalue weighted by atomic mass is 35.5. The summed E-state index contributed by atoms with van der Waals surface area (Å²) in [6, 6.07) is 3.73. The fourth-order valence-corrected chi connectivity index (χ4v) is 2.64. The second-order valence-corrected chi connectivity index (χ2v) is 5.52. The largest absolute Gasteiger partial charge is 0.493 e. The molecule has 0 radical (unpaired) electrons. The van der Waals surface area contributed by atoms with Crippen LogP contribution in [-0.2, 0) is 6.54 Å². The van der Waals surface area contributed by atoms with Crippen LogP contribution in [0.1, 0.15) is 32.8 Å². The van der Waals surface area contributed by atoms with Crippen LogP contribution in [-0.4, -0.2) is 44.8 Å². The Hall–Kier alpha value is -0.390. The van der Waals surface area contributed by atoms with Crippen molar-refractivity contribution in [1.82, 2.24) is 10.2 Å². The maximum Gasteiger partial charge on any atom is 0.165 e. The van der Waals surface area contributed by atoms with Crippen molar-refractivity contribution in [3.63, 3.8) is 0 Å². The third kappa shape index (κ3) is 8.63. The van der Waals surface area contributed by atoms with Gasteiger partial charge in [-0.25, -0.2) is 0 Å². The van der Waals surface area contributed by atoms with E-state index in [4.69, 9.17) is 21.1 Å². The predicted octanol–water partition coefficient (Wildman–Crippen LogP) is 4.41. The first kappa shape index (κ1) is 25.8. The summed E-state index contributed by atoms with van der Waals surface area (Å²) in [4.78, 5) is 2.43. The van der Waals surface area contributed by atoms with Gasteiger partial charge in [-0.1, -0.05) is 25.4 Å². The molecule has 142 valence electrons. The molecule has 1 aromatic carbocycles. The molecule has 4 nitrogen and oxygen atoms in total. The van der Waals surface area contributed by atoms with Gasteiger partial charge in [0.1, 0.15) is 0 Å². The minimum Gasteiger partial charge on any atom is -0.493 e. The highest BCUT2D eigenvalue weighted by Crippen LogP contribution is 2.34. The summed E-state index contributed by atoms with van der Waals surface area (Å²) >= 11 is 6.15. The van der Waals surface area contributed by atoms with Gasteiger partial charge in [-0.3, -0.25) is 0 Å². The molecule has 0 unspecified atom stereocenters. The quantitative estimate of drug-likeness (QED) is 0.557. The first-order chi connectivity index (χ1) is 10.7. The zero-order chi connectivity index (χ0) is 16.4. The van der Waals surface area contributed by atoms with Gasteiger partial charge in [-0.15, -0.1) is 24.8 Å². The third-order valence-electron chi connectivity index (χ3n) is 3.64. The Balaban J connectivity index is 0. The maximum atomic E-state index is 6.15. The normalized spacial score (nSPS) is 10.1. The van der Waals surface area contributed by atoms with Crippen LogP contribution < -0.4 is 14.8 Å². The van der Waals surface area contributed by atoms with Gasteiger partial charge < -0.3 is 19.7 Å². The lowest BCUT2D eigenvalue weighted by Crippen LogP contribution is -2.27. The van der Waals surface area contributed by atoms with E-state index in [1.807, 2.05) is 13.0 Å². The Morgan fingerprint density at radius 2 is 1.79 bits per heavy atom. The molecule has 0 fully saturated rings. The van der Waals surface area contributed by atoms with E-state index < -0.39 is 0 Å². The van der Waals surface area contributed by atoms with Crippen molar-refractivity contribution < 1.29 is 9.47 Å². The molecule has 0 aliphatic heterocycles. The minimum absolute atomic E-state index is 0. The molecule has 1 rings (SSSR count). The lowest BCUT2D eigenvalue weighted by molar-refractivity contribution is 0.296. The molecule has 0 saturated heterocycles. The lowest BCUT2D eigenvalue weighted by atomic mass is 10.1. The molecule has 1 N–H and O–H groups in total. The average molecular weight is 402 g/mol. The fraction of sp³-hybridized carbons (Fsp3) is 0.647. The van der Waals surface area contributed by atoms with Gasteiger partial charge in [0.15, 0.2) is 11.5 Å². The SMILES string of the molecule is CCOc1c(CNCCCN(CC)CC)cc(Cl)cc1OC.Cl.Cl. The minimum atomic E-state index is 0. The highest BCUT2D eigenvalue weighted by molar-refractivity contribution is 6.30. The molecule has 0 aliphatic rings. The lowest BCUT2D eigenvalue weighted by Gasteiger charge is -2.18. The monoisotopic (exact) mass is 400 g/mol. The van der Waals surface area contributed by atoms with Gasteiger partial charge in [-0.2, -0.15) is 0 Å². The molecule has 0 heterocycles. The standard InChI is InChI=1S/C17H29ClN2O2.2ClH/c1-5-20(6-2)10-8-9-19-13-14-11-15(18)12-16(21-4)17(14)22-7-3;;/h11-12,19H,5-10,13H2,1-4H3;2*1H. The number of benzene rings is 1. The third-order valence-corrected chi connectivity index (χ3v) is 3.86. The first-order valence-corrected chi connectivity index (χ1v) is 8.46. The Morgan fingerprint density at radius 1 is 1.12 bits per heavy atom. The Morgan fingerprint density at radius 3 is 2.33 bits per heavy atom. The van der Waals surface area contributed by atoms with Gasteiger partial charge in [0.05, 0.1) is 13.7 Å². The molecular formula is C17H31Cl3N2O2. The van der Waals surface area contributed by atoms with Gasteiger partial charge >= 0.3 is 0 Å². The number of hydrogen-bond acceptors (Lipinski definition) is 4. The van der Waals surface area contributed by atoms with Crippen molar-refractivity contribution >= 4 is 36.4 Å². The Bertz CT molecular complexity index is 444. The second kappa shape index (κ2) is 14.9. The van der Waals surface area contributed by atoms with Crippen molar-refractivity contribution in [3.05, 3.63) is 22.7 Å². The van der Waals surface area contributed by atoms with E-state index in [0.717, 1.165) is 50.5 Å². The van der Waals surface area contributed by atoms with E-state index in [-0.39, 0.29) is 24.8 Å². The molecule has 24 heavy (non-hydrogen) atoms. The number of ether oxygens (including phenoxy) is 2. The number of nitrogens with zero attached hydrogens (tertiary/aromatic N) is 1. The summed E-state index contributed by atoms with van der Waals surface area (Å²) in [5, 5.41) is 4.13. The average Bonchev–Trinajstić information content (AvgIpc) is 2.52. The number of methoxy groups -OCH3 is 1. The summed E-state index contributed by atoms with van der Waals surface area (Å²) in [5.41, 5.74) is 1.04. The molecule has 1 aromatic rings. The summed E-state index contributed by atoms with van der Waals surface area (Å²) in [6.45, 7) is 12.0. The van der Waals surface area contributed by atoms with E-state index in [1.165, 1.54) is 0 Å². The predicted molar refractivity (Wildman–Crippen MR) is 108 cm³/mol. The van der Waals surface area contributed by atoms with Crippen LogP contribution in [0.5, 0.6) is 11.5 Å². The second-order valence-electron chi connectivity index (χ2n) is 5.09. The van der Waals surface area contributed by atoms with Gasteiger partial charge in [0, 0.05) is 23.2 Å². The molecule has 0 aromatic heterocycles. The Kier molecular flexibility index (Phi) is 16.1. The van der Waals surface area contributed by atoms with Crippen LogP contribution in [0.15, 0.2) is 12.1 Å². The van der Waals surface area contributed by atoms with Gasteiger partial charge in [0.2, 0.25) is 0 Å². The zero-order valence-corrected chi connectivity index (χ0v) is 17.5. The smallest absolute Gasteiger partial charge is 0.165 e. The van der Waals surface area contributed by atoms with Crippen molar-refractivity contribution in [2.24, 2.45) is 0 Å². The highest BCUT2D eigenvalue weighted by Gasteiger charge is 2.12. The number of hydrogen-bond donors (Lipinski definition) is 1. The molecule has 0 amide bonds. The van der Waals surface area contributed by atoms with Crippen LogP contribution in [0.25, 0.3) is 0 Å². The molecule has 7 heteroatoms. The van der Waals surface area contributed by atoms with E-state index in [0.29, 0.717) is 17.4 Å². The summed E-state index contributed by atoms with van der Waals surface area (Å²) in [6.07, 6.45) is 1.13. The van der Waals surface area contributed by atoms with Crippen LogP contribution in [0.4, 0.5) is 0 Å². The molecular weight excluding hydrogens is 371 g/mol. The van der Waals surface area contributed by atoms with Crippen LogP contribution in [0, 0.1) is 0 Å². The molecule has 0 atom stereocenters. The van der Waals surface area contributed by atoms with E-state index in [2.05, 4.69) is 24.1 Å². The van der Waals surface area contributed by atoms with E-state index in [1.54, 1.807) is 13.2 Å². The number of halogens is 3.